The number of carbonyl (C=O) groups excluding carboxylic acids is 1. The van der Waals surface area contributed by atoms with Crippen molar-refractivity contribution in [3.05, 3.63) is 16.0 Å². The van der Waals surface area contributed by atoms with Crippen LogP contribution in [0.25, 0.3) is 0 Å². The van der Waals surface area contributed by atoms with Gasteiger partial charge in [-0.3, -0.25) is 10.1 Å². The van der Waals surface area contributed by atoms with E-state index in [0.717, 1.165) is 37.0 Å². The molecule has 1 saturated heterocycles. The summed E-state index contributed by atoms with van der Waals surface area (Å²) in [5.41, 5.74) is 2.73. The van der Waals surface area contributed by atoms with Crippen molar-refractivity contribution in [1.82, 2.24) is 15.5 Å². The number of aliphatic imine (C=N–C) groups is 1. The molecule has 18 heavy (non-hydrogen) atoms. The van der Waals surface area contributed by atoms with Gasteiger partial charge in [0.1, 0.15) is 11.5 Å². The van der Waals surface area contributed by atoms with E-state index in [4.69, 9.17) is 0 Å². The van der Waals surface area contributed by atoms with Crippen molar-refractivity contribution < 1.29 is 4.79 Å². The summed E-state index contributed by atoms with van der Waals surface area (Å²) in [6.07, 6.45) is 1.10. The third-order valence-corrected chi connectivity index (χ3v) is 4.68. The highest BCUT2D eigenvalue weighted by atomic mass is 35.5. The molecule has 0 radical (unpaired) electrons. The molecule has 0 atom stereocenters. The number of amides is 1. The lowest BCUT2D eigenvalue weighted by Gasteiger charge is -2.22. The number of thiophene rings is 1. The van der Waals surface area contributed by atoms with E-state index in [1.54, 1.807) is 11.3 Å². The van der Waals surface area contributed by atoms with E-state index in [9.17, 15) is 4.79 Å². The van der Waals surface area contributed by atoms with E-state index in [1.165, 1.54) is 16.0 Å². The summed E-state index contributed by atoms with van der Waals surface area (Å²) >= 11 is 1.78. The van der Waals surface area contributed by atoms with Gasteiger partial charge in [0.15, 0.2) is 0 Å². The van der Waals surface area contributed by atoms with Crippen LogP contribution in [-0.4, -0.2) is 29.9 Å². The van der Waals surface area contributed by atoms with Crippen molar-refractivity contribution in [3.63, 3.8) is 0 Å². The Morgan fingerprint density at radius 2 is 2.17 bits per heavy atom. The van der Waals surface area contributed by atoms with Gasteiger partial charge in [-0.25, -0.2) is 4.99 Å². The third kappa shape index (κ3) is 1.64. The fourth-order valence-corrected chi connectivity index (χ4v) is 3.82. The lowest BCUT2D eigenvalue weighted by atomic mass is 10.0. The minimum Gasteiger partial charge on any atom is -0.329 e. The molecule has 1 amide bonds. The first kappa shape index (κ1) is 12.0. The maximum absolute atomic E-state index is 11.3. The van der Waals surface area contributed by atoms with E-state index in [2.05, 4.69) is 15.6 Å². The van der Waals surface area contributed by atoms with Crippen molar-refractivity contribution >= 4 is 40.6 Å². The second-order valence-corrected chi connectivity index (χ2v) is 5.64. The van der Waals surface area contributed by atoms with Gasteiger partial charge in [0.05, 0.1) is 0 Å². The lowest BCUT2D eigenvalue weighted by molar-refractivity contribution is -0.118. The van der Waals surface area contributed by atoms with Crippen LogP contribution in [0.15, 0.2) is 4.99 Å². The Hall–Kier alpha value is -1.11. The fraction of sp³-hybridized carbons (Fsp3) is 0.455. The van der Waals surface area contributed by atoms with E-state index in [1.807, 2.05) is 4.90 Å². The number of hydrogen-bond donors (Lipinski definition) is 2. The summed E-state index contributed by atoms with van der Waals surface area (Å²) in [6, 6.07) is 0. The molecular formula is C11H13ClN4OS. The largest absolute Gasteiger partial charge is 0.329 e. The number of hydrogen-bond acceptors (Lipinski definition) is 5. The maximum Gasteiger partial charge on any atom is 0.246 e. The van der Waals surface area contributed by atoms with Gasteiger partial charge in [-0.05, 0) is 12.0 Å². The van der Waals surface area contributed by atoms with Crippen molar-refractivity contribution in [3.8, 4) is 0 Å². The molecule has 7 heteroatoms. The molecule has 1 fully saturated rings. The van der Waals surface area contributed by atoms with Gasteiger partial charge < -0.3 is 10.2 Å². The number of nitrogens with one attached hydrogen (secondary N) is 2. The monoisotopic (exact) mass is 284 g/mol. The van der Waals surface area contributed by atoms with Crippen LogP contribution in [0.3, 0.4) is 0 Å². The molecule has 4 rings (SSSR count). The molecule has 0 saturated carbocycles. The predicted octanol–water partition coefficient (Wildman–Crippen LogP) is 0.748. The van der Waals surface area contributed by atoms with Gasteiger partial charge >= 0.3 is 0 Å². The van der Waals surface area contributed by atoms with E-state index < -0.39 is 0 Å². The first-order chi connectivity index (χ1) is 8.31. The number of rotatable bonds is 0. The highest BCUT2D eigenvalue weighted by Crippen LogP contribution is 2.40. The molecule has 5 nitrogen and oxygen atoms in total. The molecular weight excluding hydrogens is 272 g/mol. The van der Waals surface area contributed by atoms with Crippen molar-refractivity contribution in [2.75, 3.05) is 13.1 Å². The zero-order valence-corrected chi connectivity index (χ0v) is 11.3. The molecule has 96 valence electrons. The van der Waals surface area contributed by atoms with Crippen molar-refractivity contribution in [2.24, 2.45) is 4.99 Å². The lowest BCUT2D eigenvalue weighted by Crippen LogP contribution is -2.32. The standard InChI is InChI=1S/C11H12N4OS.ClH/c16-9-5-15-4-7-6-3-12-2-1-8(6)17-10(7)14-11(15)13-9;/h12H,1-5H2,(H,13,14,16);1H. The van der Waals surface area contributed by atoms with E-state index in [-0.39, 0.29) is 18.3 Å². The predicted molar refractivity (Wildman–Crippen MR) is 72.6 cm³/mol. The third-order valence-electron chi connectivity index (χ3n) is 3.45. The number of nitrogens with zero attached hydrogens (tertiary/aromatic N) is 2. The summed E-state index contributed by atoms with van der Waals surface area (Å²) in [5.74, 6) is 0.778. The number of halogens is 1. The van der Waals surface area contributed by atoms with Gasteiger partial charge in [0.2, 0.25) is 11.9 Å². The summed E-state index contributed by atoms with van der Waals surface area (Å²) in [6.45, 7) is 3.27. The van der Waals surface area contributed by atoms with Crippen LogP contribution in [-0.2, 0) is 24.3 Å². The van der Waals surface area contributed by atoms with Crippen LogP contribution >= 0.6 is 23.7 Å². The molecule has 1 aromatic heterocycles. The van der Waals surface area contributed by atoms with Gasteiger partial charge in [0, 0.05) is 30.1 Å². The summed E-state index contributed by atoms with van der Waals surface area (Å²) in [4.78, 5) is 19.4. The van der Waals surface area contributed by atoms with Crippen molar-refractivity contribution in [1.29, 1.82) is 0 Å². The average Bonchev–Trinajstić information content (AvgIpc) is 2.84. The second-order valence-electron chi connectivity index (χ2n) is 4.55. The van der Waals surface area contributed by atoms with Crippen LogP contribution in [0.2, 0.25) is 0 Å². The number of guanidine groups is 1. The molecule has 0 bridgehead atoms. The molecule has 3 aliphatic heterocycles. The Balaban J connectivity index is 0.000001000. The SMILES string of the molecule is Cl.O=C1CN2Cc3c(sc4c3CNCC4)N=C2N1. The zero-order chi connectivity index (χ0) is 11.4. The minimum atomic E-state index is 0. The van der Waals surface area contributed by atoms with Crippen LogP contribution in [0.4, 0.5) is 5.00 Å². The smallest absolute Gasteiger partial charge is 0.246 e. The molecule has 2 N–H and O–H groups in total. The Morgan fingerprint density at radius 3 is 3.06 bits per heavy atom. The molecule has 0 aromatic carbocycles. The molecule has 4 heterocycles. The molecule has 0 spiro atoms. The Bertz CT molecular complexity index is 553. The molecule has 0 aliphatic carbocycles. The average molecular weight is 285 g/mol. The highest BCUT2D eigenvalue weighted by molar-refractivity contribution is 7.16. The Kier molecular flexibility index (Phi) is 2.80. The van der Waals surface area contributed by atoms with Crippen LogP contribution < -0.4 is 10.6 Å². The van der Waals surface area contributed by atoms with E-state index >= 15 is 0 Å². The first-order valence-corrected chi connectivity index (χ1v) is 6.60. The normalized spacial score (nSPS) is 20.3. The zero-order valence-electron chi connectivity index (χ0n) is 9.65. The van der Waals surface area contributed by atoms with Crippen LogP contribution in [0, 0.1) is 0 Å². The second kappa shape index (κ2) is 4.22. The summed E-state index contributed by atoms with van der Waals surface area (Å²) in [7, 11) is 0. The summed E-state index contributed by atoms with van der Waals surface area (Å²) < 4.78 is 0. The highest BCUT2D eigenvalue weighted by Gasteiger charge is 2.32. The topological polar surface area (TPSA) is 56.7 Å². The van der Waals surface area contributed by atoms with Crippen molar-refractivity contribution in [2.45, 2.75) is 19.5 Å². The molecule has 3 aliphatic rings. The summed E-state index contributed by atoms with van der Waals surface area (Å²) in [5, 5.41) is 7.30. The van der Waals surface area contributed by atoms with Gasteiger partial charge in [-0.15, -0.1) is 23.7 Å². The van der Waals surface area contributed by atoms with Gasteiger partial charge in [0.25, 0.3) is 0 Å². The number of carbonyl (C=O) groups is 1. The van der Waals surface area contributed by atoms with Crippen LogP contribution in [0.1, 0.15) is 16.0 Å². The molecule has 0 unspecified atom stereocenters. The van der Waals surface area contributed by atoms with Crippen LogP contribution in [0.5, 0.6) is 0 Å². The Labute approximate surface area is 115 Å². The van der Waals surface area contributed by atoms with E-state index in [0.29, 0.717) is 6.54 Å². The quantitative estimate of drug-likeness (QED) is 0.739. The Morgan fingerprint density at radius 1 is 1.28 bits per heavy atom. The minimum absolute atomic E-state index is 0. The first-order valence-electron chi connectivity index (χ1n) is 5.79. The molecule has 1 aromatic rings. The fourth-order valence-electron chi connectivity index (χ4n) is 2.62. The number of fused-ring (bicyclic) bond motifs is 4. The van der Waals surface area contributed by atoms with Gasteiger partial charge in [-0.1, -0.05) is 0 Å². The van der Waals surface area contributed by atoms with Gasteiger partial charge in [-0.2, -0.15) is 0 Å². The maximum atomic E-state index is 11.3.